The molecule has 84 valence electrons. The molecular weight excluding hydrogens is 222 g/mol. The average molecular weight is 236 g/mol. The quantitative estimate of drug-likeness (QED) is 0.750. The lowest BCUT2D eigenvalue weighted by atomic mass is 10.2. The fourth-order valence-corrected chi connectivity index (χ4v) is 1.81. The van der Waals surface area contributed by atoms with E-state index in [4.69, 9.17) is 11.6 Å². The second kappa shape index (κ2) is 4.26. The monoisotopic (exact) mass is 235 g/mol. The number of aryl methyl sites for hydroxylation is 1. The van der Waals surface area contributed by atoms with Crippen LogP contribution in [-0.2, 0) is 6.54 Å². The first-order valence-corrected chi connectivity index (χ1v) is 5.58. The Morgan fingerprint density at radius 3 is 2.56 bits per heavy atom. The Morgan fingerprint density at radius 1 is 1.25 bits per heavy atom. The van der Waals surface area contributed by atoms with Crippen molar-refractivity contribution < 1.29 is 0 Å². The van der Waals surface area contributed by atoms with Gasteiger partial charge in [0.25, 0.3) is 0 Å². The summed E-state index contributed by atoms with van der Waals surface area (Å²) in [5, 5.41) is 4.99. The van der Waals surface area contributed by atoms with Crippen molar-refractivity contribution in [3.8, 4) is 0 Å². The first-order chi connectivity index (χ1) is 7.58. The average Bonchev–Trinajstić information content (AvgIpc) is 2.47. The smallest absolute Gasteiger partial charge is 0.129 e. The van der Waals surface area contributed by atoms with Gasteiger partial charge in [0.05, 0.1) is 17.9 Å². The molecule has 0 aliphatic carbocycles. The topological polar surface area (TPSA) is 30.7 Å². The van der Waals surface area contributed by atoms with E-state index in [-0.39, 0.29) is 0 Å². The Hall–Kier alpha value is -1.35. The predicted molar refractivity (Wildman–Crippen MR) is 64.8 cm³/mol. The summed E-state index contributed by atoms with van der Waals surface area (Å²) >= 11 is 5.85. The number of halogens is 1. The molecule has 0 N–H and O–H groups in total. The molecule has 0 aliphatic heterocycles. The van der Waals surface area contributed by atoms with E-state index in [1.54, 1.807) is 6.07 Å². The zero-order chi connectivity index (χ0) is 11.7. The van der Waals surface area contributed by atoms with Gasteiger partial charge in [0.15, 0.2) is 0 Å². The van der Waals surface area contributed by atoms with Gasteiger partial charge >= 0.3 is 0 Å². The van der Waals surface area contributed by atoms with Crippen molar-refractivity contribution in [1.29, 1.82) is 0 Å². The van der Waals surface area contributed by atoms with Gasteiger partial charge in [-0.1, -0.05) is 17.7 Å². The van der Waals surface area contributed by atoms with Crippen molar-refractivity contribution in [1.82, 2.24) is 14.8 Å². The summed E-state index contributed by atoms with van der Waals surface area (Å²) < 4.78 is 1.96. The van der Waals surface area contributed by atoms with Gasteiger partial charge in [-0.05, 0) is 38.5 Å². The summed E-state index contributed by atoms with van der Waals surface area (Å²) in [6, 6.07) is 5.64. The highest BCUT2D eigenvalue weighted by Gasteiger charge is 2.07. The Labute approximate surface area is 100 Å². The highest BCUT2D eigenvalue weighted by Crippen LogP contribution is 2.13. The molecular formula is C12H14ClN3. The summed E-state index contributed by atoms with van der Waals surface area (Å²) in [6.07, 6.45) is 0. The van der Waals surface area contributed by atoms with Crippen LogP contribution in [0.5, 0.6) is 0 Å². The van der Waals surface area contributed by atoms with Gasteiger partial charge in [0.1, 0.15) is 5.15 Å². The Kier molecular flexibility index (Phi) is 2.97. The number of hydrogen-bond acceptors (Lipinski definition) is 2. The van der Waals surface area contributed by atoms with Gasteiger partial charge in [-0.15, -0.1) is 0 Å². The maximum absolute atomic E-state index is 5.85. The lowest BCUT2D eigenvalue weighted by molar-refractivity contribution is 0.646. The third kappa shape index (κ3) is 2.09. The number of pyridine rings is 1. The molecule has 0 fully saturated rings. The molecule has 2 rings (SSSR count). The van der Waals surface area contributed by atoms with Crippen LogP contribution in [0.25, 0.3) is 0 Å². The van der Waals surface area contributed by atoms with Crippen molar-refractivity contribution in [3.05, 3.63) is 46.0 Å². The first kappa shape index (κ1) is 11.1. The molecule has 0 saturated carbocycles. The molecule has 0 atom stereocenters. The maximum Gasteiger partial charge on any atom is 0.129 e. The molecule has 0 spiro atoms. The Balaban J connectivity index is 2.30. The van der Waals surface area contributed by atoms with Crippen molar-refractivity contribution in [2.24, 2.45) is 0 Å². The van der Waals surface area contributed by atoms with E-state index in [0.717, 1.165) is 11.4 Å². The zero-order valence-electron chi connectivity index (χ0n) is 9.66. The second-order valence-corrected chi connectivity index (χ2v) is 4.29. The lowest BCUT2D eigenvalue weighted by Crippen LogP contribution is -2.05. The van der Waals surface area contributed by atoms with Crippen LogP contribution in [0, 0.1) is 20.8 Å². The lowest BCUT2D eigenvalue weighted by Gasteiger charge is -2.04. The van der Waals surface area contributed by atoms with Crippen LogP contribution >= 0.6 is 11.6 Å². The fraction of sp³-hybridized carbons (Fsp3) is 0.333. The van der Waals surface area contributed by atoms with Gasteiger partial charge in [0, 0.05) is 5.69 Å². The molecule has 2 aromatic rings. The molecule has 0 saturated heterocycles. The molecule has 0 amide bonds. The Bertz CT molecular complexity index is 517. The summed E-state index contributed by atoms with van der Waals surface area (Å²) in [7, 11) is 0. The molecule has 4 heteroatoms. The molecule has 0 radical (unpaired) electrons. The summed E-state index contributed by atoms with van der Waals surface area (Å²) in [5.41, 5.74) is 4.42. The van der Waals surface area contributed by atoms with Gasteiger partial charge in [0.2, 0.25) is 0 Å². The number of nitrogens with zero attached hydrogens (tertiary/aromatic N) is 3. The minimum Gasteiger partial charge on any atom is -0.263 e. The third-order valence-electron chi connectivity index (χ3n) is 2.83. The SMILES string of the molecule is Cc1nn(Cc2cccc(Cl)n2)c(C)c1C. The maximum atomic E-state index is 5.85. The van der Waals surface area contributed by atoms with E-state index in [1.165, 1.54) is 11.3 Å². The molecule has 0 bridgehead atoms. The van der Waals surface area contributed by atoms with Crippen LogP contribution in [0.4, 0.5) is 0 Å². The molecule has 0 aliphatic rings. The van der Waals surface area contributed by atoms with E-state index in [9.17, 15) is 0 Å². The largest absolute Gasteiger partial charge is 0.263 e. The van der Waals surface area contributed by atoms with Crippen LogP contribution in [0.1, 0.15) is 22.6 Å². The van der Waals surface area contributed by atoms with Crippen LogP contribution in [-0.4, -0.2) is 14.8 Å². The first-order valence-electron chi connectivity index (χ1n) is 5.20. The number of rotatable bonds is 2. The normalized spacial score (nSPS) is 10.8. The van der Waals surface area contributed by atoms with Gasteiger partial charge < -0.3 is 0 Å². The molecule has 16 heavy (non-hydrogen) atoms. The molecule has 0 aromatic carbocycles. The summed E-state index contributed by atoms with van der Waals surface area (Å²) in [4.78, 5) is 4.25. The van der Waals surface area contributed by atoms with Gasteiger partial charge in [-0.2, -0.15) is 5.10 Å². The number of aromatic nitrogens is 3. The highest BCUT2D eigenvalue weighted by molar-refractivity contribution is 6.29. The Morgan fingerprint density at radius 2 is 2.00 bits per heavy atom. The van der Waals surface area contributed by atoms with E-state index in [0.29, 0.717) is 11.7 Å². The van der Waals surface area contributed by atoms with Crippen LogP contribution in [0.15, 0.2) is 18.2 Å². The molecule has 3 nitrogen and oxygen atoms in total. The number of hydrogen-bond donors (Lipinski definition) is 0. The van der Waals surface area contributed by atoms with Crippen molar-refractivity contribution in [2.45, 2.75) is 27.3 Å². The van der Waals surface area contributed by atoms with Crippen molar-refractivity contribution in [3.63, 3.8) is 0 Å². The van der Waals surface area contributed by atoms with E-state index < -0.39 is 0 Å². The van der Waals surface area contributed by atoms with Gasteiger partial charge in [-0.3, -0.25) is 4.68 Å². The van der Waals surface area contributed by atoms with Crippen LogP contribution in [0.2, 0.25) is 5.15 Å². The fourth-order valence-electron chi connectivity index (χ4n) is 1.63. The minimum absolute atomic E-state index is 0.524. The van der Waals surface area contributed by atoms with Gasteiger partial charge in [-0.25, -0.2) is 4.98 Å². The molecule has 0 unspecified atom stereocenters. The predicted octanol–water partition coefficient (Wildman–Crippen LogP) is 2.91. The summed E-state index contributed by atoms with van der Waals surface area (Å²) in [5.74, 6) is 0. The molecule has 2 heterocycles. The third-order valence-corrected chi connectivity index (χ3v) is 3.04. The van der Waals surface area contributed by atoms with Crippen LogP contribution < -0.4 is 0 Å². The standard InChI is InChI=1S/C12H14ClN3/c1-8-9(2)15-16(10(8)3)7-11-5-4-6-12(13)14-11/h4-6H,7H2,1-3H3. The molecule has 2 aromatic heterocycles. The van der Waals surface area contributed by atoms with Crippen molar-refractivity contribution in [2.75, 3.05) is 0 Å². The van der Waals surface area contributed by atoms with E-state index in [2.05, 4.69) is 23.9 Å². The van der Waals surface area contributed by atoms with E-state index in [1.807, 2.05) is 23.7 Å². The van der Waals surface area contributed by atoms with Crippen LogP contribution in [0.3, 0.4) is 0 Å². The van der Waals surface area contributed by atoms with E-state index >= 15 is 0 Å². The second-order valence-electron chi connectivity index (χ2n) is 3.91. The minimum atomic E-state index is 0.524. The highest BCUT2D eigenvalue weighted by atomic mass is 35.5. The summed E-state index contributed by atoms with van der Waals surface area (Å²) in [6.45, 7) is 6.84. The zero-order valence-corrected chi connectivity index (χ0v) is 10.4. The van der Waals surface area contributed by atoms with Crippen molar-refractivity contribution >= 4 is 11.6 Å².